The summed E-state index contributed by atoms with van der Waals surface area (Å²) in [6, 6.07) is 5.83. The molecule has 9 heteroatoms. The second-order valence-corrected chi connectivity index (χ2v) is 6.78. The average Bonchev–Trinajstić information content (AvgIpc) is 2.96. The third kappa shape index (κ3) is 5.20. The number of nitrogens with zero attached hydrogens (tertiary/aromatic N) is 2. The van der Waals surface area contributed by atoms with E-state index in [-0.39, 0.29) is 24.8 Å². The van der Waals surface area contributed by atoms with Crippen LogP contribution in [0, 0.1) is 0 Å². The lowest BCUT2D eigenvalue weighted by Gasteiger charge is -2.26. The van der Waals surface area contributed by atoms with Crippen molar-refractivity contribution in [3.63, 3.8) is 0 Å². The molecule has 9 nitrogen and oxygen atoms in total. The van der Waals surface area contributed by atoms with E-state index in [1.165, 1.54) is 0 Å². The quantitative estimate of drug-likeness (QED) is 0.604. The number of hydrogen-bond acceptors (Lipinski definition) is 6. The van der Waals surface area contributed by atoms with Gasteiger partial charge >= 0.3 is 6.03 Å². The van der Waals surface area contributed by atoms with E-state index in [1.807, 2.05) is 0 Å². The number of rotatable bonds is 8. The maximum absolute atomic E-state index is 12.5. The summed E-state index contributed by atoms with van der Waals surface area (Å²) in [7, 11) is 1.57. The molecule has 0 bridgehead atoms. The van der Waals surface area contributed by atoms with Crippen molar-refractivity contribution >= 4 is 17.8 Å². The highest BCUT2D eigenvalue weighted by molar-refractivity contribution is 6.05. The van der Waals surface area contributed by atoms with Crippen molar-refractivity contribution in [1.82, 2.24) is 20.4 Å². The number of nitrogens with one attached hydrogen (secondary N) is 2. The summed E-state index contributed by atoms with van der Waals surface area (Å²) in [6.45, 7) is 4.53. The average molecular weight is 390 g/mol. The molecule has 1 atom stereocenters. The normalized spacial score (nSPS) is 20.2. The Balaban J connectivity index is 1.45. The molecule has 1 aromatic rings. The zero-order valence-electron chi connectivity index (χ0n) is 16.0. The number of carbonyl (C=O) groups is 3. The van der Waals surface area contributed by atoms with Crippen LogP contribution in [0.4, 0.5) is 4.79 Å². The van der Waals surface area contributed by atoms with Crippen LogP contribution in [-0.2, 0) is 20.9 Å². The second kappa shape index (κ2) is 9.52. The Morgan fingerprint density at radius 2 is 1.96 bits per heavy atom. The summed E-state index contributed by atoms with van der Waals surface area (Å²) in [6.07, 6.45) is -0.0627. The monoisotopic (exact) mass is 390 g/mol. The molecule has 28 heavy (non-hydrogen) atoms. The summed E-state index contributed by atoms with van der Waals surface area (Å²) in [5.74, 6) is 0.0648. The minimum atomic E-state index is -0.825. The molecule has 0 radical (unpaired) electrons. The maximum Gasteiger partial charge on any atom is 0.325 e. The van der Waals surface area contributed by atoms with Gasteiger partial charge in [-0.2, -0.15) is 0 Å². The Bertz CT molecular complexity index is 703. The minimum absolute atomic E-state index is 0.0627. The van der Waals surface area contributed by atoms with Crippen LogP contribution in [0.2, 0.25) is 0 Å². The molecule has 2 saturated heterocycles. The second-order valence-electron chi connectivity index (χ2n) is 6.78. The van der Waals surface area contributed by atoms with Gasteiger partial charge < -0.3 is 20.1 Å². The number of benzene rings is 1. The molecule has 0 aliphatic carbocycles. The van der Waals surface area contributed by atoms with Crippen molar-refractivity contribution in [3.05, 3.63) is 29.8 Å². The summed E-state index contributed by atoms with van der Waals surface area (Å²) < 4.78 is 10.4. The number of methoxy groups -OCH3 is 1. The van der Waals surface area contributed by atoms with Crippen molar-refractivity contribution in [2.24, 2.45) is 0 Å². The number of hydrogen-bond donors (Lipinski definition) is 2. The van der Waals surface area contributed by atoms with Crippen LogP contribution in [0.25, 0.3) is 0 Å². The number of urea groups is 1. The standard InChI is InChI=1S/C19H26N4O5/c1-27-15-4-2-14(3-5-15)13-23-18(25)16(21-19(23)26)12-17(24)20-6-7-22-8-10-28-11-9-22/h2-5,16H,6-13H2,1H3,(H,20,24)(H,21,26)/t16-/m0/s1. The summed E-state index contributed by atoms with van der Waals surface area (Å²) >= 11 is 0. The lowest BCUT2D eigenvalue weighted by Crippen LogP contribution is -2.42. The largest absolute Gasteiger partial charge is 0.497 e. The molecule has 2 aliphatic heterocycles. The van der Waals surface area contributed by atoms with E-state index in [1.54, 1.807) is 31.4 Å². The fourth-order valence-corrected chi connectivity index (χ4v) is 3.21. The van der Waals surface area contributed by atoms with Crippen LogP contribution in [0.3, 0.4) is 0 Å². The van der Waals surface area contributed by atoms with Gasteiger partial charge in [0.2, 0.25) is 5.91 Å². The number of imide groups is 1. The molecule has 0 spiro atoms. The van der Waals surface area contributed by atoms with Gasteiger partial charge in [-0.25, -0.2) is 4.79 Å². The van der Waals surface area contributed by atoms with Crippen LogP contribution in [0.15, 0.2) is 24.3 Å². The molecule has 152 valence electrons. The van der Waals surface area contributed by atoms with Crippen molar-refractivity contribution in [2.75, 3.05) is 46.5 Å². The van der Waals surface area contributed by atoms with E-state index in [2.05, 4.69) is 15.5 Å². The third-order valence-electron chi connectivity index (χ3n) is 4.85. The Morgan fingerprint density at radius 3 is 2.64 bits per heavy atom. The molecular formula is C19H26N4O5. The molecule has 2 heterocycles. The van der Waals surface area contributed by atoms with Gasteiger partial charge in [-0.3, -0.25) is 19.4 Å². The van der Waals surface area contributed by atoms with Gasteiger partial charge in [0.05, 0.1) is 33.3 Å². The lowest BCUT2D eigenvalue weighted by molar-refractivity contribution is -0.131. The zero-order chi connectivity index (χ0) is 19.9. The van der Waals surface area contributed by atoms with Gasteiger partial charge in [-0.05, 0) is 17.7 Å². The van der Waals surface area contributed by atoms with Crippen LogP contribution in [0.1, 0.15) is 12.0 Å². The van der Waals surface area contributed by atoms with Gasteiger partial charge in [0.1, 0.15) is 11.8 Å². The van der Waals surface area contributed by atoms with Crippen molar-refractivity contribution in [3.8, 4) is 5.75 Å². The summed E-state index contributed by atoms with van der Waals surface area (Å²) in [5.41, 5.74) is 0.805. The van der Waals surface area contributed by atoms with Gasteiger partial charge in [-0.1, -0.05) is 12.1 Å². The van der Waals surface area contributed by atoms with Crippen LogP contribution < -0.4 is 15.4 Å². The van der Waals surface area contributed by atoms with Gasteiger partial charge in [0.25, 0.3) is 5.91 Å². The molecule has 3 rings (SSSR count). The van der Waals surface area contributed by atoms with Crippen LogP contribution >= 0.6 is 0 Å². The predicted octanol–water partition coefficient (Wildman–Crippen LogP) is -0.0459. The smallest absolute Gasteiger partial charge is 0.325 e. The molecule has 0 aromatic heterocycles. The number of carbonyl (C=O) groups excluding carboxylic acids is 3. The molecule has 1 aromatic carbocycles. The van der Waals surface area contributed by atoms with Crippen molar-refractivity contribution in [1.29, 1.82) is 0 Å². The molecular weight excluding hydrogens is 364 g/mol. The Kier molecular flexibility index (Phi) is 6.83. The number of ether oxygens (including phenoxy) is 2. The number of morpholine rings is 1. The highest BCUT2D eigenvalue weighted by Gasteiger charge is 2.38. The first-order chi connectivity index (χ1) is 13.6. The zero-order valence-corrected chi connectivity index (χ0v) is 16.0. The lowest BCUT2D eigenvalue weighted by atomic mass is 10.1. The topological polar surface area (TPSA) is 100 Å². The molecule has 2 N–H and O–H groups in total. The van der Waals surface area contributed by atoms with E-state index in [4.69, 9.17) is 9.47 Å². The molecule has 2 fully saturated rings. The third-order valence-corrected chi connectivity index (χ3v) is 4.85. The van der Waals surface area contributed by atoms with Crippen molar-refractivity contribution in [2.45, 2.75) is 19.0 Å². The van der Waals surface area contributed by atoms with E-state index in [9.17, 15) is 14.4 Å². The highest BCUT2D eigenvalue weighted by Crippen LogP contribution is 2.17. The SMILES string of the molecule is COc1ccc(CN2C(=O)N[C@@H](CC(=O)NCCN3CCOCC3)C2=O)cc1. The van der Waals surface area contributed by atoms with E-state index in [0.717, 1.165) is 30.1 Å². The van der Waals surface area contributed by atoms with Crippen LogP contribution in [0.5, 0.6) is 5.75 Å². The minimum Gasteiger partial charge on any atom is -0.497 e. The summed E-state index contributed by atoms with van der Waals surface area (Å²) in [4.78, 5) is 40.1. The highest BCUT2D eigenvalue weighted by atomic mass is 16.5. The van der Waals surface area contributed by atoms with E-state index in [0.29, 0.717) is 25.5 Å². The fraction of sp³-hybridized carbons (Fsp3) is 0.526. The van der Waals surface area contributed by atoms with Gasteiger partial charge in [0.15, 0.2) is 0 Å². The van der Waals surface area contributed by atoms with E-state index < -0.39 is 12.1 Å². The fourth-order valence-electron chi connectivity index (χ4n) is 3.21. The van der Waals surface area contributed by atoms with E-state index >= 15 is 0 Å². The number of amides is 4. The Hall–Kier alpha value is -2.65. The predicted molar refractivity (Wildman–Crippen MR) is 101 cm³/mol. The van der Waals surface area contributed by atoms with Gasteiger partial charge in [0, 0.05) is 26.2 Å². The van der Waals surface area contributed by atoms with Crippen molar-refractivity contribution < 1.29 is 23.9 Å². The molecule has 2 aliphatic rings. The molecule has 4 amide bonds. The first kappa shape index (κ1) is 20.1. The molecule has 0 saturated carbocycles. The maximum atomic E-state index is 12.5. The van der Waals surface area contributed by atoms with Gasteiger partial charge in [-0.15, -0.1) is 0 Å². The first-order valence-electron chi connectivity index (χ1n) is 9.38. The van der Waals surface area contributed by atoms with Crippen LogP contribution in [-0.4, -0.2) is 80.2 Å². The Labute approximate surface area is 163 Å². The molecule has 0 unspecified atom stereocenters. The first-order valence-corrected chi connectivity index (χ1v) is 9.38. The Morgan fingerprint density at radius 1 is 1.25 bits per heavy atom. The summed E-state index contributed by atoms with van der Waals surface area (Å²) in [5, 5.41) is 5.40.